The Morgan fingerprint density at radius 2 is 2.42 bits per heavy atom. The molecule has 1 heterocycles. The molecule has 3 atom stereocenters. The first-order valence-corrected chi connectivity index (χ1v) is 4.19. The second-order valence-corrected chi connectivity index (χ2v) is 3.25. The standard InChI is InChI=1S/C7H11ClO4/c8-6(7(10)11)4-1-2-12-5(4)3-9/h4-6,9H,1-3H2,(H,10,11). The molecule has 0 aromatic heterocycles. The van der Waals surface area contributed by atoms with Crippen LogP contribution in [0.2, 0.25) is 0 Å². The van der Waals surface area contributed by atoms with Crippen LogP contribution in [0.5, 0.6) is 0 Å². The van der Waals surface area contributed by atoms with Gasteiger partial charge in [-0.1, -0.05) is 0 Å². The number of hydrogen-bond acceptors (Lipinski definition) is 3. The van der Waals surface area contributed by atoms with Gasteiger partial charge in [0, 0.05) is 12.5 Å². The Labute approximate surface area is 75.1 Å². The number of carboxylic acids is 1. The van der Waals surface area contributed by atoms with E-state index in [0.29, 0.717) is 13.0 Å². The molecule has 5 heteroatoms. The molecule has 0 aliphatic carbocycles. The number of hydrogen-bond donors (Lipinski definition) is 2. The third kappa shape index (κ3) is 1.88. The molecule has 1 fully saturated rings. The van der Waals surface area contributed by atoms with Crippen molar-refractivity contribution in [3.8, 4) is 0 Å². The summed E-state index contributed by atoms with van der Waals surface area (Å²) in [5.74, 6) is -1.32. The van der Waals surface area contributed by atoms with Gasteiger partial charge in [0.15, 0.2) is 0 Å². The summed E-state index contributed by atoms with van der Waals surface area (Å²) >= 11 is 5.60. The van der Waals surface area contributed by atoms with E-state index in [9.17, 15) is 4.79 Å². The van der Waals surface area contributed by atoms with E-state index in [1.807, 2.05) is 0 Å². The number of rotatable bonds is 3. The molecule has 1 aliphatic heterocycles. The van der Waals surface area contributed by atoms with Crippen molar-refractivity contribution in [3.63, 3.8) is 0 Å². The van der Waals surface area contributed by atoms with Crippen molar-refractivity contribution in [2.45, 2.75) is 17.9 Å². The third-order valence-electron chi connectivity index (χ3n) is 2.05. The largest absolute Gasteiger partial charge is 0.480 e. The lowest BCUT2D eigenvalue weighted by molar-refractivity contribution is -0.138. The minimum atomic E-state index is -1.05. The highest BCUT2D eigenvalue weighted by atomic mass is 35.5. The molecular formula is C7H11ClO4. The van der Waals surface area contributed by atoms with E-state index in [2.05, 4.69) is 0 Å². The van der Waals surface area contributed by atoms with Crippen molar-refractivity contribution in [2.24, 2.45) is 5.92 Å². The number of carbonyl (C=O) groups is 1. The van der Waals surface area contributed by atoms with Gasteiger partial charge in [0.2, 0.25) is 0 Å². The molecule has 0 spiro atoms. The van der Waals surface area contributed by atoms with E-state index < -0.39 is 17.5 Å². The van der Waals surface area contributed by atoms with Crippen molar-refractivity contribution in [3.05, 3.63) is 0 Å². The highest BCUT2D eigenvalue weighted by molar-refractivity contribution is 6.29. The Kier molecular flexibility index (Phi) is 3.31. The van der Waals surface area contributed by atoms with Gasteiger partial charge in [-0.2, -0.15) is 0 Å². The van der Waals surface area contributed by atoms with E-state index in [0.717, 1.165) is 0 Å². The van der Waals surface area contributed by atoms with Crippen LogP contribution in [0.25, 0.3) is 0 Å². The lowest BCUT2D eigenvalue weighted by atomic mass is 9.98. The number of aliphatic carboxylic acids is 1. The van der Waals surface area contributed by atoms with Crippen LogP contribution in [-0.2, 0) is 9.53 Å². The Balaban J connectivity index is 2.55. The fraction of sp³-hybridized carbons (Fsp3) is 0.857. The zero-order chi connectivity index (χ0) is 9.14. The summed E-state index contributed by atoms with van der Waals surface area (Å²) in [5, 5.41) is 16.4. The average Bonchev–Trinajstić information content (AvgIpc) is 2.49. The monoisotopic (exact) mass is 194 g/mol. The predicted molar refractivity (Wildman–Crippen MR) is 42.2 cm³/mol. The fourth-order valence-corrected chi connectivity index (χ4v) is 1.66. The van der Waals surface area contributed by atoms with Gasteiger partial charge in [-0.25, -0.2) is 0 Å². The molecular weight excluding hydrogens is 184 g/mol. The molecule has 4 nitrogen and oxygen atoms in total. The van der Waals surface area contributed by atoms with E-state index >= 15 is 0 Å². The van der Waals surface area contributed by atoms with Crippen LogP contribution in [-0.4, -0.2) is 40.9 Å². The topological polar surface area (TPSA) is 66.8 Å². The number of carboxylic acid groups (broad SMARTS) is 1. The summed E-state index contributed by atoms with van der Waals surface area (Å²) in [7, 11) is 0. The Bertz CT molecular complexity index is 173. The second kappa shape index (κ2) is 4.07. The van der Waals surface area contributed by atoms with Crippen LogP contribution >= 0.6 is 11.6 Å². The first-order chi connectivity index (χ1) is 5.66. The normalized spacial score (nSPS) is 31.8. The molecule has 1 aliphatic rings. The highest BCUT2D eigenvalue weighted by Crippen LogP contribution is 2.27. The summed E-state index contributed by atoms with van der Waals surface area (Å²) in [6, 6.07) is 0. The van der Waals surface area contributed by atoms with Gasteiger partial charge in [-0.05, 0) is 6.42 Å². The molecule has 0 bridgehead atoms. The minimum Gasteiger partial charge on any atom is -0.480 e. The molecule has 0 aromatic carbocycles. The van der Waals surface area contributed by atoms with Crippen molar-refractivity contribution >= 4 is 17.6 Å². The molecule has 12 heavy (non-hydrogen) atoms. The van der Waals surface area contributed by atoms with Crippen LogP contribution in [0.1, 0.15) is 6.42 Å². The Hall–Kier alpha value is -0.320. The minimum absolute atomic E-state index is 0.166. The number of alkyl halides is 1. The maximum atomic E-state index is 10.5. The molecule has 3 unspecified atom stereocenters. The van der Waals surface area contributed by atoms with E-state index in [1.165, 1.54) is 0 Å². The van der Waals surface area contributed by atoms with Crippen LogP contribution in [0, 0.1) is 5.92 Å². The van der Waals surface area contributed by atoms with Crippen LogP contribution in [0.3, 0.4) is 0 Å². The van der Waals surface area contributed by atoms with Crippen LogP contribution in [0.4, 0.5) is 0 Å². The molecule has 0 saturated carbocycles. The Morgan fingerprint density at radius 3 is 2.92 bits per heavy atom. The quantitative estimate of drug-likeness (QED) is 0.625. The summed E-state index contributed by atoms with van der Waals surface area (Å²) in [6.45, 7) is 0.313. The Morgan fingerprint density at radius 1 is 1.75 bits per heavy atom. The first-order valence-electron chi connectivity index (χ1n) is 3.76. The molecule has 0 amide bonds. The highest BCUT2D eigenvalue weighted by Gasteiger charge is 2.36. The van der Waals surface area contributed by atoms with Gasteiger partial charge in [0.1, 0.15) is 5.38 Å². The predicted octanol–water partition coefficient (Wildman–Crippen LogP) is 0.0758. The van der Waals surface area contributed by atoms with Crippen molar-refractivity contribution in [1.29, 1.82) is 0 Å². The van der Waals surface area contributed by atoms with Crippen molar-refractivity contribution in [1.82, 2.24) is 0 Å². The maximum Gasteiger partial charge on any atom is 0.321 e. The van der Waals surface area contributed by atoms with Gasteiger partial charge in [-0.15, -0.1) is 11.6 Å². The van der Waals surface area contributed by atoms with E-state index in [4.69, 9.17) is 26.6 Å². The molecule has 0 aromatic rings. The van der Waals surface area contributed by atoms with Crippen LogP contribution < -0.4 is 0 Å². The van der Waals surface area contributed by atoms with Gasteiger partial charge in [-0.3, -0.25) is 4.79 Å². The second-order valence-electron chi connectivity index (χ2n) is 2.78. The molecule has 1 rings (SSSR count). The van der Waals surface area contributed by atoms with Gasteiger partial charge in [0.25, 0.3) is 0 Å². The zero-order valence-corrected chi connectivity index (χ0v) is 7.20. The average molecular weight is 195 g/mol. The summed E-state index contributed by atoms with van der Waals surface area (Å²) < 4.78 is 5.09. The number of aliphatic hydroxyl groups is 1. The lowest BCUT2D eigenvalue weighted by Crippen LogP contribution is -2.32. The van der Waals surface area contributed by atoms with Gasteiger partial charge >= 0.3 is 5.97 Å². The van der Waals surface area contributed by atoms with E-state index in [-0.39, 0.29) is 12.5 Å². The molecule has 0 radical (unpaired) electrons. The fourth-order valence-electron chi connectivity index (χ4n) is 1.37. The number of halogens is 1. The van der Waals surface area contributed by atoms with Gasteiger partial charge < -0.3 is 14.9 Å². The third-order valence-corrected chi connectivity index (χ3v) is 2.56. The first kappa shape index (κ1) is 9.77. The number of aliphatic hydroxyl groups excluding tert-OH is 1. The summed E-state index contributed by atoms with van der Waals surface area (Å²) in [6.07, 6.45) is 0.190. The molecule has 1 saturated heterocycles. The number of ether oxygens (including phenoxy) is 1. The molecule has 2 N–H and O–H groups in total. The lowest BCUT2D eigenvalue weighted by Gasteiger charge is -2.17. The summed E-state index contributed by atoms with van der Waals surface area (Å²) in [4.78, 5) is 10.5. The van der Waals surface area contributed by atoms with Crippen molar-refractivity contribution in [2.75, 3.05) is 13.2 Å². The smallest absolute Gasteiger partial charge is 0.321 e. The van der Waals surface area contributed by atoms with Crippen LogP contribution in [0.15, 0.2) is 0 Å². The molecule has 70 valence electrons. The van der Waals surface area contributed by atoms with Gasteiger partial charge in [0.05, 0.1) is 12.7 Å². The SMILES string of the molecule is O=C(O)C(Cl)C1CCOC1CO. The summed E-state index contributed by atoms with van der Waals surface area (Å²) in [5.41, 5.74) is 0. The van der Waals surface area contributed by atoms with E-state index in [1.54, 1.807) is 0 Å². The zero-order valence-electron chi connectivity index (χ0n) is 6.44. The maximum absolute atomic E-state index is 10.5. The van der Waals surface area contributed by atoms with Crippen molar-refractivity contribution < 1.29 is 19.7 Å².